The van der Waals surface area contributed by atoms with Crippen molar-refractivity contribution in [3.63, 3.8) is 0 Å². The minimum atomic E-state index is 0.0575. The molecule has 0 bridgehead atoms. The zero-order valence-corrected chi connectivity index (χ0v) is 13.5. The van der Waals surface area contributed by atoms with Gasteiger partial charge in [0.1, 0.15) is 0 Å². The zero-order valence-electron chi connectivity index (χ0n) is 12.7. The number of hydrogen-bond acceptors (Lipinski definition) is 6. The Bertz CT molecular complexity index is 756. The highest BCUT2D eigenvalue weighted by Crippen LogP contribution is 2.15. The molecule has 6 nitrogen and oxygen atoms in total. The number of amides is 1. The molecule has 7 heteroatoms. The van der Waals surface area contributed by atoms with Crippen LogP contribution in [0.15, 0.2) is 46.6 Å². The van der Waals surface area contributed by atoms with Gasteiger partial charge in [-0.15, -0.1) is 11.3 Å². The standard InChI is InChI=1S/C16H16N4O2S/c1-20(15(21)5-4-13-3-2-10-23-13)11-14-18-16(19-22-14)12-6-8-17-9-7-12/h2-3,6-10H,4-5,11H2,1H3. The predicted octanol–water partition coefficient (Wildman–Crippen LogP) is 2.78. The van der Waals surface area contributed by atoms with E-state index in [1.807, 2.05) is 29.6 Å². The Morgan fingerprint density at radius 1 is 1.30 bits per heavy atom. The molecule has 23 heavy (non-hydrogen) atoms. The Hall–Kier alpha value is -2.54. The summed E-state index contributed by atoms with van der Waals surface area (Å²) < 4.78 is 5.22. The molecule has 3 heterocycles. The van der Waals surface area contributed by atoms with Crippen LogP contribution in [0.3, 0.4) is 0 Å². The summed E-state index contributed by atoms with van der Waals surface area (Å²) in [6.07, 6.45) is 4.58. The molecule has 3 aromatic rings. The maximum Gasteiger partial charge on any atom is 0.246 e. The van der Waals surface area contributed by atoms with Crippen LogP contribution in [-0.2, 0) is 17.8 Å². The van der Waals surface area contributed by atoms with Gasteiger partial charge in [0.2, 0.25) is 17.6 Å². The molecule has 0 aliphatic carbocycles. The van der Waals surface area contributed by atoms with Gasteiger partial charge in [-0.1, -0.05) is 11.2 Å². The van der Waals surface area contributed by atoms with Crippen molar-refractivity contribution >= 4 is 17.2 Å². The number of aryl methyl sites for hydroxylation is 1. The van der Waals surface area contributed by atoms with Crippen LogP contribution in [0, 0.1) is 0 Å². The van der Waals surface area contributed by atoms with Gasteiger partial charge in [0.05, 0.1) is 6.54 Å². The third-order valence-electron chi connectivity index (χ3n) is 3.37. The van der Waals surface area contributed by atoms with Crippen LogP contribution in [0.4, 0.5) is 0 Å². The van der Waals surface area contributed by atoms with Crippen molar-refractivity contribution in [2.75, 3.05) is 7.05 Å². The Morgan fingerprint density at radius 3 is 2.87 bits per heavy atom. The number of nitrogens with zero attached hydrogens (tertiary/aromatic N) is 4. The second-order valence-corrected chi connectivity index (χ2v) is 6.11. The number of rotatable bonds is 6. The fourth-order valence-corrected chi connectivity index (χ4v) is 2.81. The smallest absolute Gasteiger partial charge is 0.246 e. The molecule has 0 spiro atoms. The molecule has 0 saturated heterocycles. The Balaban J connectivity index is 1.56. The van der Waals surface area contributed by atoms with Crippen molar-refractivity contribution in [2.45, 2.75) is 19.4 Å². The fraction of sp³-hybridized carbons (Fsp3) is 0.250. The van der Waals surface area contributed by atoms with E-state index in [-0.39, 0.29) is 5.91 Å². The van der Waals surface area contributed by atoms with E-state index in [9.17, 15) is 4.79 Å². The first-order chi connectivity index (χ1) is 11.2. The third kappa shape index (κ3) is 4.01. The molecule has 3 aromatic heterocycles. The van der Waals surface area contributed by atoms with Crippen molar-refractivity contribution in [1.82, 2.24) is 20.0 Å². The normalized spacial score (nSPS) is 10.7. The largest absolute Gasteiger partial charge is 0.337 e. The molecule has 0 N–H and O–H groups in total. The van der Waals surface area contributed by atoms with Crippen LogP contribution in [-0.4, -0.2) is 33.0 Å². The Labute approximate surface area is 137 Å². The molecule has 0 radical (unpaired) electrons. The van der Waals surface area contributed by atoms with Crippen LogP contribution >= 0.6 is 11.3 Å². The fourth-order valence-electron chi connectivity index (χ4n) is 2.10. The molecule has 0 saturated carbocycles. The molecular weight excluding hydrogens is 312 g/mol. The van der Waals surface area contributed by atoms with E-state index in [0.29, 0.717) is 24.7 Å². The number of aromatic nitrogens is 3. The maximum absolute atomic E-state index is 12.2. The molecule has 0 aliphatic rings. The lowest BCUT2D eigenvalue weighted by Crippen LogP contribution is -2.26. The topological polar surface area (TPSA) is 72.1 Å². The summed E-state index contributed by atoms with van der Waals surface area (Å²) in [6, 6.07) is 7.65. The van der Waals surface area contributed by atoms with Gasteiger partial charge in [0, 0.05) is 36.3 Å². The first kappa shape index (κ1) is 15.4. The number of hydrogen-bond donors (Lipinski definition) is 0. The second-order valence-electron chi connectivity index (χ2n) is 5.08. The van der Waals surface area contributed by atoms with Crippen LogP contribution in [0.1, 0.15) is 17.2 Å². The van der Waals surface area contributed by atoms with Crippen LogP contribution in [0.25, 0.3) is 11.4 Å². The second kappa shape index (κ2) is 7.15. The van der Waals surface area contributed by atoms with Gasteiger partial charge in [-0.05, 0) is 30.0 Å². The molecule has 0 unspecified atom stereocenters. The molecule has 0 fully saturated rings. The van der Waals surface area contributed by atoms with Crippen LogP contribution < -0.4 is 0 Å². The Morgan fingerprint density at radius 2 is 2.13 bits per heavy atom. The van der Waals surface area contributed by atoms with Crippen LogP contribution in [0.5, 0.6) is 0 Å². The monoisotopic (exact) mass is 328 g/mol. The molecule has 0 aromatic carbocycles. The zero-order chi connectivity index (χ0) is 16.1. The summed E-state index contributed by atoms with van der Waals surface area (Å²) in [5.41, 5.74) is 0.835. The van der Waals surface area contributed by atoms with E-state index in [0.717, 1.165) is 12.0 Å². The summed E-state index contributed by atoms with van der Waals surface area (Å²) in [5.74, 6) is 0.979. The quantitative estimate of drug-likeness (QED) is 0.696. The average molecular weight is 328 g/mol. The van der Waals surface area contributed by atoms with E-state index in [1.165, 1.54) is 4.88 Å². The number of carbonyl (C=O) groups is 1. The van der Waals surface area contributed by atoms with Gasteiger partial charge in [0.25, 0.3) is 0 Å². The highest BCUT2D eigenvalue weighted by molar-refractivity contribution is 7.09. The lowest BCUT2D eigenvalue weighted by atomic mass is 10.2. The predicted molar refractivity (Wildman–Crippen MR) is 86.6 cm³/mol. The van der Waals surface area contributed by atoms with E-state index in [2.05, 4.69) is 15.1 Å². The van der Waals surface area contributed by atoms with Gasteiger partial charge in [-0.2, -0.15) is 4.98 Å². The van der Waals surface area contributed by atoms with Crippen molar-refractivity contribution in [3.05, 3.63) is 52.8 Å². The molecule has 1 amide bonds. The maximum atomic E-state index is 12.2. The summed E-state index contributed by atoms with van der Waals surface area (Å²) in [4.78, 5) is 23.2. The van der Waals surface area contributed by atoms with Crippen molar-refractivity contribution in [3.8, 4) is 11.4 Å². The van der Waals surface area contributed by atoms with Crippen molar-refractivity contribution in [2.24, 2.45) is 0 Å². The Kier molecular flexibility index (Phi) is 4.77. The first-order valence-corrected chi connectivity index (χ1v) is 8.09. The minimum Gasteiger partial charge on any atom is -0.337 e. The summed E-state index contributed by atoms with van der Waals surface area (Å²) in [6.45, 7) is 0.307. The summed E-state index contributed by atoms with van der Waals surface area (Å²) in [5, 5.41) is 5.95. The number of thiophene rings is 1. The number of carbonyl (C=O) groups excluding carboxylic acids is 1. The van der Waals surface area contributed by atoms with Gasteiger partial charge in [-0.25, -0.2) is 0 Å². The highest BCUT2D eigenvalue weighted by atomic mass is 32.1. The minimum absolute atomic E-state index is 0.0575. The number of pyridine rings is 1. The highest BCUT2D eigenvalue weighted by Gasteiger charge is 2.14. The molecule has 118 valence electrons. The molecule has 0 aliphatic heterocycles. The van der Waals surface area contributed by atoms with Crippen LogP contribution in [0.2, 0.25) is 0 Å². The summed E-state index contributed by atoms with van der Waals surface area (Å²) in [7, 11) is 1.74. The lowest BCUT2D eigenvalue weighted by Gasteiger charge is -2.14. The van der Waals surface area contributed by atoms with Gasteiger partial charge >= 0.3 is 0 Å². The van der Waals surface area contributed by atoms with E-state index >= 15 is 0 Å². The van der Waals surface area contributed by atoms with Gasteiger partial charge in [0.15, 0.2) is 0 Å². The van der Waals surface area contributed by atoms with E-state index < -0.39 is 0 Å². The average Bonchev–Trinajstić information content (AvgIpc) is 3.25. The third-order valence-corrected chi connectivity index (χ3v) is 4.31. The SMILES string of the molecule is CN(Cc1nc(-c2ccncc2)no1)C(=O)CCc1cccs1. The van der Waals surface area contributed by atoms with Gasteiger partial charge < -0.3 is 9.42 Å². The first-order valence-electron chi connectivity index (χ1n) is 7.21. The lowest BCUT2D eigenvalue weighted by molar-refractivity contribution is -0.130. The summed E-state index contributed by atoms with van der Waals surface area (Å²) >= 11 is 1.66. The van der Waals surface area contributed by atoms with Crippen molar-refractivity contribution in [1.29, 1.82) is 0 Å². The molecule has 0 atom stereocenters. The molecule has 3 rings (SSSR count). The van der Waals surface area contributed by atoms with E-state index in [1.54, 1.807) is 35.7 Å². The van der Waals surface area contributed by atoms with Gasteiger partial charge in [-0.3, -0.25) is 9.78 Å². The van der Waals surface area contributed by atoms with E-state index in [4.69, 9.17) is 4.52 Å². The molecular formula is C16H16N4O2S. The van der Waals surface area contributed by atoms with Crippen molar-refractivity contribution < 1.29 is 9.32 Å².